The van der Waals surface area contributed by atoms with E-state index in [1.54, 1.807) is 6.07 Å². The predicted octanol–water partition coefficient (Wildman–Crippen LogP) is 2.99. The maximum atomic E-state index is 14.8. The molecule has 0 aliphatic carbocycles. The minimum atomic E-state index is -4.33. The van der Waals surface area contributed by atoms with Crippen molar-refractivity contribution in [2.45, 2.75) is 30.8 Å². The molecule has 0 bridgehead atoms. The van der Waals surface area contributed by atoms with Gasteiger partial charge in [0.2, 0.25) is 5.69 Å². The molecule has 3 aromatic rings. The van der Waals surface area contributed by atoms with Crippen LogP contribution in [0.1, 0.15) is 30.7 Å². The van der Waals surface area contributed by atoms with E-state index in [4.69, 9.17) is 12.3 Å². The highest BCUT2D eigenvalue weighted by molar-refractivity contribution is 7.93. The quantitative estimate of drug-likeness (QED) is 0.606. The SMILES string of the molecule is [C-]#[N+]c1cnc2c(Cc3ccc(F)c([C@]4(C)CS(=O)(=O)[C@@](C)(F)C(N)=N4)c3)ncnc2c1. The van der Waals surface area contributed by atoms with Crippen LogP contribution in [0.2, 0.25) is 0 Å². The fraction of sp³-hybridized carbons (Fsp3) is 0.286. The number of rotatable bonds is 3. The van der Waals surface area contributed by atoms with Gasteiger partial charge < -0.3 is 5.73 Å². The molecule has 1 aromatic carbocycles. The second-order valence-corrected chi connectivity index (χ2v) is 10.2. The van der Waals surface area contributed by atoms with Crippen LogP contribution >= 0.6 is 0 Å². The van der Waals surface area contributed by atoms with Crippen LogP contribution in [0.25, 0.3) is 15.9 Å². The number of hydrogen-bond acceptors (Lipinski definition) is 7. The van der Waals surface area contributed by atoms with Crippen LogP contribution in [0.3, 0.4) is 0 Å². The van der Waals surface area contributed by atoms with Crippen molar-refractivity contribution in [3.63, 3.8) is 0 Å². The molecule has 0 saturated carbocycles. The summed E-state index contributed by atoms with van der Waals surface area (Å²) >= 11 is 0. The average Bonchev–Trinajstić information content (AvgIpc) is 2.73. The van der Waals surface area contributed by atoms with Gasteiger partial charge in [-0.2, -0.15) is 0 Å². The van der Waals surface area contributed by atoms with Crippen LogP contribution in [0, 0.1) is 12.4 Å². The number of hydrogen-bond donors (Lipinski definition) is 1. The lowest BCUT2D eigenvalue weighted by Crippen LogP contribution is -2.54. The molecule has 0 saturated heterocycles. The van der Waals surface area contributed by atoms with Crippen LogP contribution in [0.15, 0.2) is 41.8 Å². The first-order valence-corrected chi connectivity index (χ1v) is 11.1. The van der Waals surface area contributed by atoms with Crippen molar-refractivity contribution in [1.82, 2.24) is 15.0 Å². The third-order valence-electron chi connectivity index (χ3n) is 5.53. The Labute approximate surface area is 183 Å². The van der Waals surface area contributed by atoms with Crippen molar-refractivity contribution in [3.8, 4) is 0 Å². The van der Waals surface area contributed by atoms with Crippen LogP contribution in [-0.4, -0.2) is 40.0 Å². The van der Waals surface area contributed by atoms with Gasteiger partial charge in [0.1, 0.15) is 29.0 Å². The van der Waals surface area contributed by atoms with Gasteiger partial charge in [0.05, 0.1) is 23.5 Å². The monoisotopic (exact) mass is 456 g/mol. The number of nitrogens with zero attached hydrogens (tertiary/aromatic N) is 5. The Hall–Kier alpha value is -3.52. The standard InChI is InChI=1S/C21H18F2N6O2S/c1-20(10-32(30,31)21(2,23)19(24)29-20)14-6-12(4-5-15(14)22)7-16-18-17(28-11-27-16)8-13(25-3)9-26-18/h4-6,8-9,11H,7,10H2,1-2H3,(H2,24,29)/t20-,21+/m0/s1. The van der Waals surface area contributed by atoms with E-state index in [1.165, 1.54) is 37.6 Å². The largest absolute Gasteiger partial charge is 0.384 e. The van der Waals surface area contributed by atoms with Crippen LogP contribution < -0.4 is 5.73 Å². The molecule has 0 spiro atoms. The lowest BCUT2D eigenvalue weighted by Gasteiger charge is -2.35. The van der Waals surface area contributed by atoms with Gasteiger partial charge in [0.15, 0.2) is 9.84 Å². The Kier molecular flexibility index (Phi) is 4.93. The van der Waals surface area contributed by atoms with Gasteiger partial charge in [0, 0.05) is 18.2 Å². The Morgan fingerprint density at radius 2 is 1.97 bits per heavy atom. The first-order valence-electron chi connectivity index (χ1n) is 9.50. The molecule has 0 amide bonds. The first-order chi connectivity index (χ1) is 15.0. The number of aromatic nitrogens is 3. The summed E-state index contributed by atoms with van der Waals surface area (Å²) in [5, 5.41) is -2.81. The molecule has 0 fully saturated rings. The van der Waals surface area contributed by atoms with Crippen molar-refractivity contribution < 1.29 is 17.2 Å². The minimum Gasteiger partial charge on any atom is -0.384 e. The van der Waals surface area contributed by atoms with Crippen molar-refractivity contribution in [3.05, 3.63) is 70.8 Å². The van der Waals surface area contributed by atoms with E-state index in [0.29, 0.717) is 28.0 Å². The number of nitrogens with two attached hydrogens (primary N) is 1. The number of aliphatic imine (C=N–C) groups is 1. The van der Waals surface area contributed by atoms with Crippen molar-refractivity contribution >= 4 is 32.4 Å². The summed E-state index contributed by atoms with van der Waals surface area (Å²) in [5.41, 5.74) is 6.50. The lowest BCUT2D eigenvalue weighted by atomic mass is 9.91. The van der Waals surface area contributed by atoms with E-state index in [2.05, 4.69) is 24.8 Å². The third-order valence-corrected chi connectivity index (χ3v) is 7.85. The van der Waals surface area contributed by atoms with Gasteiger partial charge in [-0.15, -0.1) is 0 Å². The molecule has 3 heterocycles. The first kappa shape index (κ1) is 21.7. The molecule has 0 unspecified atom stereocenters. The Bertz CT molecular complexity index is 1430. The number of pyridine rings is 1. The molecule has 2 atom stereocenters. The van der Waals surface area contributed by atoms with E-state index in [9.17, 15) is 17.2 Å². The number of sulfone groups is 1. The van der Waals surface area contributed by atoms with Crippen LogP contribution in [0.4, 0.5) is 14.5 Å². The van der Waals surface area contributed by atoms with E-state index < -0.39 is 37.8 Å². The van der Waals surface area contributed by atoms with Gasteiger partial charge in [-0.1, -0.05) is 12.1 Å². The van der Waals surface area contributed by atoms with E-state index in [-0.39, 0.29) is 12.0 Å². The summed E-state index contributed by atoms with van der Waals surface area (Å²) in [6.45, 7) is 9.34. The molecule has 11 heteroatoms. The summed E-state index contributed by atoms with van der Waals surface area (Å²) in [6, 6.07) is 5.80. The van der Waals surface area contributed by atoms with Crippen molar-refractivity contribution in [2.24, 2.45) is 10.7 Å². The maximum absolute atomic E-state index is 14.8. The number of benzene rings is 1. The molecule has 164 valence electrons. The normalized spacial score (nSPS) is 24.7. The molecular weight excluding hydrogens is 438 g/mol. The van der Waals surface area contributed by atoms with Crippen LogP contribution in [0.5, 0.6) is 0 Å². The summed E-state index contributed by atoms with van der Waals surface area (Å²) in [6.07, 6.45) is 3.00. The zero-order chi connectivity index (χ0) is 23.3. The van der Waals surface area contributed by atoms with Crippen molar-refractivity contribution in [1.29, 1.82) is 0 Å². The number of amidine groups is 1. The molecule has 2 aromatic heterocycles. The molecule has 8 nitrogen and oxygen atoms in total. The maximum Gasteiger partial charge on any atom is 0.263 e. The highest BCUT2D eigenvalue weighted by Gasteiger charge is 2.53. The van der Waals surface area contributed by atoms with Crippen LogP contribution in [-0.2, 0) is 21.8 Å². The number of fused-ring (bicyclic) bond motifs is 1. The van der Waals surface area contributed by atoms with E-state index in [0.717, 1.165) is 6.92 Å². The highest BCUT2D eigenvalue weighted by atomic mass is 32.2. The van der Waals surface area contributed by atoms with Crippen molar-refractivity contribution in [2.75, 3.05) is 5.75 Å². The topological polar surface area (TPSA) is 116 Å². The summed E-state index contributed by atoms with van der Waals surface area (Å²) in [7, 11) is -4.33. The second kappa shape index (κ2) is 7.27. The summed E-state index contributed by atoms with van der Waals surface area (Å²) in [4.78, 5) is 20.0. The van der Waals surface area contributed by atoms with E-state index >= 15 is 0 Å². The third kappa shape index (κ3) is 3.46. The summed E-state index contributed by atoms with van der Waals surface area (Å²) in [5.74, 6) is -2.12. The Morgan fingerprint density at radius 3 is 2.66 bits per heavy atom. The Balaban J connectivity index is 1.78. The number of halogens is 2. The molecule has 1 aliphatic rings. The average molecular weight is 456 g/mol. The van der Waals surface area contributed by atoms with Gasteiger partial charge in [-0.05, 0) is 31.5 Å². The molecule has 4 rings (SSSR count). The molecule has 0 radical (unpaired) electrons. The predicted molar refractivity (Wildman–Crippen MR) is 115 cm³/mol. The Morgan fingerprint density at radius 1 is 1.22 bits per heavy atom. The summed E-state index contributed by atoms with van der Waals surface area (Å²) < 4.78 is 54.3. The van der Waals surface area contributed by atoms with E-state index in [1.807, 2.05) is 0 Å². The number of alkyl halides is 1. The highest BCUT2D eigenvalue weighted by Crippen LogP contribution is 2.39. The minimum absolute atomic E-state index is 0.0151. The molecule has 1 aliphatic heterocycles. The lowest BCUT2D eigenvalue weighted by molar-refractivity contribution is 0.354. The zero-order valence-corrected chi connectivity index (χ0v) is 18.0. The fourth-order valence-electron chi connectivity index (χ4n) is 3.66. The molecule has 32 heavy (non-hydrogen) atoms. The second-order valence-electron chi connectivity index (χ2n) is 7.93. The van der Waals surface area contributed by atoms with Gasteiger partial charge >= 0.3 is 0 Å². The van der Waals surface area contributed by atoms with Gasteiger partial charge in [0.25, 0.3) is 5.00 Å². The fourth-order valence-corrected chi connectivity index (χ4v) is 5.26. The zero-order valence-electron chi connectivity index (χ0n) is 17.2. The van der Waals surface area contributed by atoms with Gasteiger partial charge in [-0.3, -0.25) is 9.98 Å². The smallest absolute Gasteiger partial charge is 0.263 e. The molecular formula is C21H18F2N6O2S. The molecule has 2 N–H and O–H groups in total. The van der Waals surface area contributed by atoms with Gasteiger partial charge in [-0.25, -0.2) is 32.0 Å².